The Kier molecular flexibility index (Phi) is 8.91. The Balaban J connectivity index is 2.50. The molecule has 2 aromatic rings. The molecule has 0 aliphatic heterocycles. The van der Waals surface area contributed by atoms with Crippen LogP contribution in [-0.4, -0.2) is 59.5 Å². The Morgan fingerprint density at radius 3 is 2.62 bits per heavy atom. The Morgan fingerprint density at radius 1 is 1.28 bits per heavy atom. The van der Waals surface area contributed by atoms with E-state index in [0.29, 0.717) is 24.6 Å². The van der Waals surface area contributed by atoms with Gasteiger partial charge in [-0.3, -0.25) is 4.99 Å². The molecule has 1 aromatic carbocycles. The van der Waals surface area contributed by atoms with Crippen LogP contribution in [0.5, 0.6) is 0 Å². The topological polar surface area (TPSA) is 73.6 Å². The summed E-state index contributed by atoms with van der Waals surface area (Å²) >= 11 is 0. The molecule has 0 atom stereocenters. The Labute approximate surface area is 192 Å². The number of rotatable bonds is 10. The number of benzene rings is 1. The van der Waals surface area contributed by atoms with Gasteiger partial charge in [-0.25, -0.2) is 9.97 Å². The number of hydrogen-bond donors (Lipinski definition) is 2. The normalized spacial score (nSPS) is 12.8. The molecule has 0 aliphatic carbocycles. The predicted molar refractivity (Wildman–Crippen MR) is 137 cm³/mol. The molecule has 2 N–H and O–H groups in total. The van der Waals surface area contributed by atoms with Crippen molar-refractivity contribution in [1.29, 1.82) is 0 Å². The number of nitrogens with one attached hydrogen (secondary N) is 1. The lowest BCUT2D eigenvalue weighted by atomic mass is 10.0. The lowest BCUT2D eigenvalue weighted by molar-refractivity contribution is 0.0748. The summed E-state index contributed by atoms with van der Waals surface area (Å²) in [6.07, 6.45) is 10.1. The Bertz CT molecular complexity index is 1010. The summed E-state index contributed by atoms with van der Waals surface area (Å²) in [5.41, 5.74) is 4.02. The van der Waals surface area contributed by atoms with E-state index in [0.717, 1.165) is 27.8 Å². The Hall–Kier alpha value is -3.25. The molecule has 0 bridgehead atoms. The molecular weight excluding hydrogens is 398 g/mol. The van der Waals surface area contributed by atoms with Crippen molar-refractivity contribution < 1.29 is 5.11 Å². The van der Waals surface area contributed by atoms with Gasteiger partial charge < -0.3 is 15.3 Å². The van der Waals surface area contributed by atoms with Crippen LogP contribution in [0, 0.1) is 0 Å². The standard InChI is InChI=1S/C26H35N5O/c1-8-19(16-27-5)23-17-29-24(30-25(23)28-14-13-26(3,4)32)22-12-10-11-21(15-22)20(9-2)18-31(6)7/h8-12,15-18,32H,2,13-14H2,1,3-7H3,(H,28,29,30)/b19-8+,20-18+,27-16?. The maximum Gasteiger partial charge on any atom is 0.161 e. The molecule has 6 nitrogen and oxygen atoms in total. The van der Waals surface area contributed by atoms with Gasteiger partial charge in [0.05, 0.1) is 5.60 Å². The zero-order valence-electron chi connectivity index (χ0n) is 20.1. The fourth-order valence-corrected chi connectivity index (χ4v) is 3.15. The first-order valence-corrected chi connectivity index (χ1v) is 10.7. The zero-order chi connectivity index (χ0) is 23.7. The molecule has 0 amide bonds. The second-order valence-electron chi connectivity index (χ2n) is 8.41. The largest absolute Gasteiger partial charge is 0.390 e. The first kappa shape index (κ1) is 25.0. The molecule has 0 unspecified atom stereocenters. The van der Waals surface area contributed by atoms with Crippen molar-refractivity contribution in [3.05, 3.63) is 66.5 Å². The summed E-state index contributed by atoms with van der Waals surface area (Å²) in [5, 5.41) is 13.5. The van der Waals surface area contributed by atoms with Crippen LogP contribution < -0.4 is 5.32 Å². The maximum absolute atomic E-state index is 10.1. The molecule has 0 radical (unpaired) electrons. The van der Waals surface area contributed by atoms with E-state index in [4.69, 9.17) is 4.98 Å². The average molecular weight is 434 g/mol. The van der Waals surface area contributed by atoms with Gasteiger partial charge in [0.2, 0.25) is 0 Å². The summed E-state index contributed by atoms with van der Waals surface area (Å²) < 4.78 is 0. The van der Waals surface area contributed by atoms with Crippen LogP contribution >= 0.6 is 0 Å². The molecule has 0 spiro atoms. The van der Waals surface area contributed by atoms with E-state index < -0.39 is 5.60 Å². The van der Waals surface area contributed by atoms with Crippen LogP contribution in [0.4, 0.5) is 5.82 Å². The quantitative estimate of drug-likeness (QED) is 0.411. The Morgan fingerprint density at radius 2 is 2.03 bits per heavy atom. The van der Waals surface area contributed by atoms with Crippen molar-refractivity contribution in [1.82, 2.24) is 14.9 Å². The third kappa shape index (κ3) is 7.17. The minimum absolute atomic E-state index is 0.583. The van der Waals surface area contributed by atoms with Gasteiger partial charge in [-0.05, 0) is 44.4 Å². The highest BCUT2D eigenvalue weighted by Gasteiger charge is 2.15. The van der Waals surface area contributed by atoms with E-state index in [9.17, 15) is 5.11 Å². The zero-order valence-corrected chi connectivity index (χ0v) is 20.1. The smallest absolute Gasteiger partial charge is 0.161 e. The van der Waals surface area contributed by atoms with Crippen molar-refractivity contribution in [2.45, 2.75) is 32.8 Å². The number of anilines is 1. The predicted octanol–water partition coefficient (Wildman–Crippen LogP) is 4.91. The molecule has 2 rings (SSSR count). The molecule has 0 saturated heterocycles. The van der Waals surface area contributed by atoms with E-state index in [-0.39, 0.29) is 0 Å². The molecule has 32 heavy (non-hydrogen) atoms. The van der Waals surface area contributed by atoms with Gasteiger partial charge >= 0.3 is 0 Å². The minimum atomic E-state index is -0.758. The third-order valence-electron chi connectivity index (χ3n) is 4.78. The first-order chi connectivity index (χ1) is 15.2. The second-order valence-corrected chi connectivity index (χ2v) is 8.41. The van der Waals surface area contributed by atoms with E-state index in [1.165, 1.54) is 0 Å². The van der Waals surface area contributed by atoms with E-state index in [2.05, 4.69) is 27.9 Å². The SMILES string of the molecule is C=C/C(=C\N(C)C)c1cccc(-c2ncc(/C(C=NC)=C/C)c(NCCC(C)(C)O)n2)c1. The van der Waals surface area contributed by atoms with Crippen molar-refractivity contribution >= 4 is 23.2 Å². The molecular formula is C26H35N5O. The molecule has 1 aromatic heterocycles. The summed E-state index contributed by atoms with van der Waals surface area (Å²) in [7, 11) is 5.71. The van der Waals surface area contributed by atoms with Crippen LogP contribution in [-0.2, 0) is 0 Å². The van der Waals surface area contributed by atoms with Crippen molar-refractivity contribution in [2.75, 3.05) is 33.0 Å². The van der Waals surface area contributed by atoms with Gasteiger partial charge in [-0.1, -0.05) is 36.9 Å². The number of allylic oxidation sites excluding steroid dienone is 4. The second kappa shape index (κ2) is 11.4. The fraction of sp³-hybridized carbons (Fsp3) is 0.346. The van der Waals surface area contributed by atoms with E-state index in [1.54, 1.807) is 27.1 Å². The van der Waals surface area contributed by atoms with Gasteiger partial charge in [0.15, 0.2) is 5.82 Å². The lowest BCUT2D eigenvalue weighted by Crippen LogP contribution is -2.23. The van der Waals surface area contributed by atoms with Crippen LogP contribution in [0.2, 0.25) is 0 Å². The molecule has 170 valence electrons. The number of nitrogens with zero attached hydrogens (tertiary/aromatic N) is 4. The van der Waals surface area contributed by atoms with Gasteiger partial charge in [0.1, 0.15) is 5.82 Å². The fourth-order valence-electron chi connectivity index (χ4n) is 3.15. The monoisotopic (exact) mass is 433 g/mol. The average Bonchev–Trinajstić information content (AvgIpc) is 2.75. The van der Waals surface area contributed by atoms with Crippen LogP contribution in [0.3, 0.4) is 0 Å². The number of hydrogen-bond acceptors (Lipinski definition) is 6. The highest BCUT2D eigenvalue weighted by molar-refractivity contribution is 6.11. The maximum atomic E-state index is 10.1. The highest BCUT2D eigenvalue weighted by atomic mass is 16.3. The lowest BCUT2D eigenvalue weighted by Gasteiger charge is -2.19. The minimum Gasteiger partial charge on any atom is -0.390 e. The van der Waals surface area contributed by atoms with E-state index >= 15 is 0 Å². The molecule has 0 aliphatic rings. The third-order valence-corrected chi connectivity index (χ3v) is 4.78. The summed E-state index contributed by atoms with van der Waals surface area (Å²) in [6, 6.07) is 8.11. The highest BCUT2D eigenvalue weighted by Crippen LogP contribution is 2.27. The molecule has 6 heteroatoms. The van der Waals surface area contributed by atoms with Crippen LogP contribution in [0.25, 0.3) is 22.5 Å². The number of aliphatic hydroxyl groups is 1. The molecule has 1 heterocycles. The number of aromatic nitrogens is 2. The summed E-state index contributed by atoms with van der Waals surface area (Å²) in [4.78, 5) is 15.6. The molecule has 0 fully saturated rings. The first-order valence-electron chi connectivity index (χ1n) is 10.7. The van der Waals surface area contributed by atoms with Gasteiger partial charge in [0, 0.05) is 63.0 Å². The van der Waals surface area contributed by atoms with Crippen LogP contribution in [0.15, 0.2) is 60.4 Å². The van der Waals surface area contributed by atoms with Crippen molar-refractivity contribution in [2.24, 2.45) is 4.99 Å². The molecule has 0 saturated carbocycles. The number of aliphatic imine (C=N–C) groups is 1. The van der Waals surface area contributed by atoms with Crippen LogP contribution in [0.1, 0.15) is 38.3 Å². The van der Waals surface area contributed by atoms with Gasteiger partial charge in [-0.15, -0.1) is 0 Å². The van der Waals surface area contributed by atoms with Gasteiger partial charge in [0.25, 0.3) is 0 Å². The van der Waals surface area contributed by atoms with Crippen molar-refractivity contribution in [3.63, 3.8) is 0 Å². The van der Waals surface area contributed by atoms with Crippen molar-refractivity contribution in [3.8, 4) is 11.4 Å². The summed E-state index contributed by atoms with van der Waals surface area (Å²) in [5.74, 6) is 1.34. The van der Waals surface area contributed by atoms with E-state index in [1.807, 2.05) is 68.7 Å². The summed E-state index contributed by atoms with van der Waals surface area (Å²) in [6.45, 7) is 10.1. The van der Waals surface area contributed by atoms with Gasteiger partial charge in [-0.2, -0.15) is 0 Å².